The summed E-state index contributed by atoms with van der Waals surface area (Å²) >= 11 is 0. The maximum atomic E-state index is 3.75. The van der Waals surface area contributed by atoms with Crippen molar-refractivity contribution in [3.05, 3.63) is 12.8 Å². The SMILES string of the molecule is C=CNC(CC)C1CC1CCC(C)C. The molecule has 1 rings (SSSR count). The first-order valence-corrected chi connectivity index (χ1v) is 6.06. The van der Waals surface area contributed by atoms with Crippen LogP contribution in [-0.2, 0) is 0 Å². The quantitative estimate of drug-likeness (QED) is 0.655. The maximum absolute atomic E-state index is 3.75. The molecule has 1 aliphatic rings. The number of rotatable bonds is 7. The van der Waals surface area contributed by atoms with Gasteiger partial charge in [-0.15, -0.1) is 0 Å². The van der Waals surface area contributed by atoms with Crippen LogP contribution in [0, 0.1) is 17.8 Å². The molecule has 0 amide bonds. The van der Waals surface area contributed by atoms with Crippen LogP contribution in [0.1, 0.15) is 46.5 Å². The highest BCUT2D eigenvalue weighted by atomic mass is 14.9. The van der Waals surface area contributed by atoms with Gasteiger partial charge in [-0.2, -0.15) is 0 Å². The minimum absolute atomic E-state index is 0.685. The monoisotopic (exact) mass is 195 g/mol. The summed E-state index contributed by atoms with van der Waals surface area (Å²) < 4.78 is 0. The van der Waals surface area contributed by atoms with Gasteiger partial charge >= 0.3 is 0 Å². The Morgan fingerprint density at radius 3 is 2.71 bits per heavy atom. The predicted molar refractivity (Wildman–Crippen MR) is 63.1 cm³/mol. The molecule has 1 nitrogen and oxygen atoms in total. The van der Waals surface area contributed by atoms with Gasteiger partial charge in [0.1, 0.15) is 0 Å². The average molecular weight is 195 g/mol. The zero-order chi connectivity index (χ0) is 10.6. The molecule has 0 aromatic heterocycles. The highest BCUT2D eigenvalue weighted by Gasteiger charge is 2.41. The number of nitrogens with one attached hydrogen (secondary N) is 1. The Kier molecular flexibility index (Phi) is 4.50. The van der Waals surface area contributed by atoms with E-state index < -0.39 is 0 Å². The van der Waals surface area contributed by atoms with E-state index in [1.807, 2.05) is 6.20 Å². The normalized spacial score (nSPS) is 27.4. The van der Waals surface area contributed by atoms with E-state index >= 15 is 0 Å². The fraction of sp³-hybridized carbons (Fsp3) is 0.846. The van der Waals surface area contributed by atoms with Crippen LogP contribution in [0.3, 0.4) is 0 Å². The van der Waals surface area contributed by atoms with Crippen LogP contribution in [0.2, 0.25) is 0 Å². The Morgan fingerprint density at radius 1 is 1.50 bits per heavy atom. The molecule has 0 radical (unpaired) electrons. The lowest BCUT2D eigenvalue weighted by molar-refractivity contribution is 0.445. The van der Waals surface area contributed by atoms with Gasteiger partial charge in [-0.25, -0.2) is 0 Å². The summed E-state index contributed by atoms with van der Waals surface area (Å²) in [6.45, 7) is 10.6. The topological polar surface area (TPSA) is 12.0 Å². The van der Waals surface area contributed by atoms with Crippen molar-refractivity contribution in [2.24, 2.45) is 17.8 Å². The number of hydrogen-bond donors (Lipinski definition) is 1. The summed E-state index contributed by atoms with van der Waals surface area (Å²) in [6, 6.07) is 0.685. The molecule has 14 heavy (non-hydrogen) atoms. The molecule has 0 bridgehead atoms. The van der Waals surface area contributed by atoms with E-state index in [1.54, 1.807) is 0 Å². The van der Waals surface area contributed by atoms with E-state index in [-0.39, 0.29) is 0 Å². The van der Waals surface area contributed by atoms with Crippen molar-refractivity contribution in [3.63, 3.8) is 0 Å². The van der Waals surface area contributed by atoms with Gasteiger partial charge in [-0.1, -0.05) is 33.8 Å². The predicted octanol–water partition coefficient (Wildman–Crippen LogP) is 3.57. The van der Waals surface area contributed by atoms with Crippen molar-refractivity contribution in [1.82, 2.24) is 5.32 Å². The summed E-state index contributed by atoms with van der Waals surface area (Å²) in [7, 11) is 0. The van der Waals surface area contributed by atoms with E-state index in [4.69, 9.17) is 0 Å². The average Bonchev–Trinajstić information content (AvgIpc) is 2.90. The van der Waals surface area contributed by atoms with Gasteiger partial charge in [-0.05, 0) is 43.2 Å². The van der Waals surface area contributed by atoms with Crippen LogP contribution in [-0.4, -0.2) is 6.04 Å². The second-order valence-electron chi connectivity index (χ2n) is 5.02. The van der Waals surface area contributed by atoms with Crippen LogP contribution >= 0.6 is 0 Å². The highest BCUT2D eigenvalue weighted by Crippen LogP contribution is 2.45. The summed E-state index contributed by atoms with van der Waals surface area (Å²) in [5.74, 6) is 2.79. The standard InChI is InChI=1S/C13H25N/c1-5-13(14-6-2)12-9-11(12)8-7-10(3)4/h6,10-14H,2,5,7-9H2,1,3-4H3. The van der Waals surface area contributed by atoms with Gasteiger partial charge < -0.3 is 5.32 Å². The lowest BCUT2D eigenvalue weighted by Gasteiger charge is -2.15. The minimum atomic E-state index is 0.685. The van der Waals surface area contributed by atoms with Crippen LogP contribution < -0.4 is 5.32 Å². The molecular weight excluding hydrogens is 170 g/mol. The molecule has 0 saturated heterocycles. The van der Waals surface area contributed by atoms with E-state index in [9.17, 15) is 0 Å². The third-order valence-electron chi connectivity index (χ3n) is 3.38. The van der Waals surface area contributed by atoms with Crippen molar-refractivity contribution >= 4 is 0 Å². The Hall–Kier alpha value is -0.460. The Bertz CT molecular complexity index is 174. The molecule has 0 aliphatic heterocycles. The second kappa shape index (κ2) is 5.43. The Labute approximate surface area is 89.0 Å². The van der Waals surface area contributed by atoms with Crippen LogP contribution in [0.4, 0.5) is 0 Å². The third-order valence-corrected chi connectivity index (χ3v) is 3.38. The molecule has 0 heterocycles. The van der Waals surface area contributed by atoms with Crippen molar-refractivity contribution < 1.29 is 0 Å². The third kappa shape index (κ3) is 3.36. The smallest absolute Gasteiger partial charge is 0.0283 e. The zero-order valence-corrected chi connectivity index (χ0v) is 9.92. The van der Waals surface area contributed by atoms with Gasteiger partial charge in [0.15, 0.2) is 0 Å². The summed E-state index contributed by atoms with van der Waals surface area (Å²) in [5, 5.41) is 3.38. The summed E-state index contributed by atoms with van der Waals surface area (Å²) in [5.41, 5.74) is 0. The highest BCUT2D eigenvalue weighted by molar-refractivity contribution is 4.95. The molecule has 0 spiro atoms. The molecule has 3 atom stereocenters. The van der Waals surface area contributed by atoms with E-state index in [0.717, 1.165) is 17.8 Å². The van der Waals surface area contributed by atoms with Crippen LogP contribution in [0.15, 0.2) is 12.8 Å². The molecular formula is C13H25N. The Morgan fingerprint density at radius 2 is 2.21 bits per heavy atom. The van der Waals surface area contributed by atoms with Crippen LogP contribution in [0.5, 0.6) is 0 Å². The van der Waals surface area contributed by atoms with Crippen LogP contribution in [0.25, 0.3) is 0 Å². The molecule has 1 saturated carbocycles. The molecule has 3 unspecified atom stereocenters. The van der Waals surface area contributed by atoms with E-state index in [0.29, 0.717) is 6.04 Å². The largest absolute Gasteiger partial charge is 0.388 e. The second-order valence-corrected chi connectivity index (χ2v) is 5.02. The summed E-state index contributed by atoms with van der Waals surface area (Å²) in [6.07, 6.45) is 7.34. The lowest BCUT2D eigenvalue weighted by atomic mass is 10.0. The van der Waals surface area contributed by atoms with Crippen molar-refractivity contribution in [2.75, 3.05) is 0 Å². The first-order valence-electron chi connectivity index (χ1n) is 6.06. The van der Waals surface area contributed by atoms with Gasteiger partial charge in [0.2, 0.25) is 0 Å². The first-order chi connectivity index (χ1) is 6.69. The van der Waals surface area contributed by atoms with E-state index in [2.05, 4.69) is 32.7 Å². The molecule has 1 N–H and O–H groups in total. The fourth-order valence-electron chi connectivity index (χ4n) is 2.34. The minimum Gasteiger partial charge on any atom is -0.388 e. The van der Waals surface area contributed by atoms with Crippen molar-refractivity contribution in [1.29, 1.82) is 0 Å². The molecule has 1 aliphatic carbocycles. The van der Waals surface area contributed by atoms with Crippen molar-refractivity contribution in [2.45, 2.75) is 52.5 Å². The molecule has 82 valence electrons. The van der Waals surface area contributed by atoms with Crippen molar-refractivity contribution in [3.8, 4) is 0 Å². The van der Waals surface area contributed by atoms with E-state index in [1.165, 1.54) is 25.7 Å². The molecule has 1 fully saturated rings. The maximum Gasteiger partial charge on any atom is 0.0283 e. The van der Waals surface area contributed by atoms with Gasteiger partial charge in [0, 0.05) is 6.04 Å². The first kappa shape index (κ1) is 11.6. The summed E-state index contributed by atoms with van der Waals surface area (Å²) in [4.78, 5) is 0. The zero-order valence-electron chi connectivity index (χ0n) is 9.92. The van der Waals surface area contributed by atoms with Gasteiger partial charge in [-0.3, -0.25) is 0 Å². The Balaban J connectivity index is 2.19. The number of hydrogen-bond acceptors (Lipinski definition) is 1. The van der Waals surface area contributed by atoms with Gasteiger partial charge in [0.25, 0.3) is 0 Å². The fourth-order valence-corrected chi connectivity index (χ4v) is 2.34. The molecule has 1 heteroatoms. The van der Waals surface area contributed by atoms with Gasteiger partial charge in [0.05, 0.1) is 0 Å². The molecule has 0 aromatic carbocycles. The lowest BCUT2D eigenvalue weighted by Crippen LogP contribution is -2.26. The molecule has 0 aromatic rings.